The minimum absolute atomic E-state index is 0.708. The molecule has 2 aliphatic heterocycles. The van der Waals surface area contributed by atoms with Gasteiger partial charge in [-0.3, -0.25) is 14.7 Å². The van der Waals surface area contributed by atoms with E-state index in [4.69, 9.17) is 11.6 Å². The molecule has 1 aromatic carbocycles. The van der Waals surface area contributed by atoms with Crippen molar-refractivity contribution in [2.24, 2.45) is 0 Å². The number of anilines is 2. The third-order valence-corrected chi connectivity index (χ3v) is 8.52. The van der Waals surface area contributed by atoms with Gasteiger partial charge in [-0.2, -0.15) is 0 Å². The van der Waals surface area contributed by atoms with Crippen LogP contribution in [0.25, 0.3) is 0 Å². The van der Waals surface area contributed by atoms with Crippen LogP contribution in [0.15, 0.2) is 18.2 Å². The zero-order chi connectivity index (χ0) is 23.2. The third-order valence-electron chi connectivity index (χ3n) is 8.22. The van der Waals surface area contributed by atoms with Crippen LogP contribution in [0, 0.1) is 0 Å². The molecule has 4 rings (SSSR count). The Labute approximate surface area is 207 Å². The van der Waals surface area contributed by atoms with Crippen LogP contribution in [0.5, 0.6) is 0 Å². The largest absolute Gasteiger partial charge is 0.371 e. The average Bonchev–Trinajstić information content (AvgIpc) is 3.10. The van der Waals surface area contributed by atoms with Gasteiger partial charge in [0.15, 0.2) is 0 Å². The van der Waals surface area contributed by atoms with E-state index >= 15 is 0 Å². The molecule has 1 saturated carbocycles. The molecule has 1 aromatic rings. The van der Waals surface area contributed by atoms with E-state index < -0.39 is 0 Å². The Morgan fingerprint density at radius 1 is 0.909 bits per heavy atom. The van der Waals surface area contributed by atoms with Crippen molar-refractivity contribution in [1.82, 2.24) is 14.7 Å². The topological polar surface area (TPSA) is 16.2 Å². The SMILES string of the molecule is CCN(CC)c1ccc(N2CN(CC3CCCN3CC)CN(C3CCCCCC3)C2)cc1Cl. The summed E-state index contributed by atoms with van der Waals surface area (Å²) in [7, 11) is 0. The smallest absolute Gasteiger partial charge is 0.0733 e. The standard InChI is InChI=1S/C27H46ClN5/c1-4-30(5-2)27-16-15-24(18-26(27)28)33-21-29(19-25-14-11-17-31(25)6-3)20-32(22-33)23-12-9-7-8-10-13-23/h15-16,18,23,25H,4-14,17,19-22H2,1-3H3. The minimum atomic E-state index is 0.708. The number of likely N-dealkylation sites (N-methyl/N-ethyl adjacent to an activating group) is 1. The monoisotopic (exact) mass is 475 g/mol. The van der Waals surface area contributed by atoms with E-state index in [0.717, 1.165) is 43.8 Å². The Balaban J connectivity index is 1.53. The van der Waals surface area contributed by atoms with E-state index in [1.54, 1.807) is 0 Å². The second-order valence-corrected chi connectivity index (χ2v) is 10.7. The summed E-state index contributed by atoms with van der Waals surface area (Å²) in [4.78, 5) is 13.1. The van der Waals surface area contributed by atoms with Crippen LogP contribution < -0.4 is 9.80 Å². The summed E-state index contributed by atoms with van der Waals surface area (Å²) in [6, 6.07) is 8.16. The van der Waals surface area contributed by atoms with E-state index in [0.29, 0.717) is 12.1 Å². The highest BCUT2D eigenvalue weighted by atomic mass is 35.5. The average molecular weight is 476 g/mol. The molecule has 0 spiro atoms. The summed E-state index contributed by atoms with van der Waals surface area (Å²) in [6.45, 7) is 15.4. The van der Waals surface area contributed by atoms with E-state index in [2.05, 4.69) is 63.5 Å². The van der Waals surface area contributed by atoms with Gasteiger partial charge < -0.3 is 9.80 Å². The second kappa shape index (κ2) is 12.1. The predicted octanol–water partition coefficient (Wildman–Crippen LogP) is 5.69. The van der Waals surface area contributed by atoms with Crippen LogP contribution in [0.2, 0.25) is 5.02 Å². The van der Waals surface area contributed by atoms with Crippen molar-refractivity contribution >= 4 is 23.0 Å². The number of halogens is 1. The van der Waals surface area contributed by atoms with Crippen molar-refractivity contribution in [3.8, 4) is 0 Å². The molecule has 6 heteroatoms. The molecular weight excluding hydrogens is 430 g/mol. The molecule has 3 fully saturated rings. The van der Waals surface area contributed by atoms with Crippen molar-refractivity contribution in [3.63, 3.8) is 0 Å². The first kappa shape index (κ1) is 25.1. The molecule has 0 aromatic heterocycles. The number of nitrogens with zero attached hydrogens (tertiary/aromatic N) is 5. The summed E-state index contributed by atoms with van der Waals surface area (Å²) in [6.07, 6.45) is 11.0. The maximum absolute atomic E-state index is 6.82. The first-order valence-electron chi connectivity index (χ1n) is 13.6. The van der Waals surface area contributed by atoms with Gasteiger partial charge in [-0.15, -0.1) is 0 Å². The molecule has 0 N–H and O–H groups in total. The minimum Gasteiger partial charge on any atom is -0.371 e. The lowest BCUT2D eigenvalue weighted by molar-refractivity contribution is 0.0339. The molecule has 1 aliphatic carbocycles. The lowest BCUT2D eigenvalue weighted by atomic mass is 10.1. The van der Waals surface area contributed by atoms with E-state index in [1.807, 2.05) is 0 Å². The number of benzene rings is 1. The van der Waals surface area contributed by atoms with Crippen molar-refractivity contribution in [2.75, 3.05) is 62.5 Å². The van der Waals surface area contributed by atoms with Gasteiger partial charge >= 0.3 is 0 Å². The number of rotatable bonds is 8. The summed E-state index contributed by atoms with van der Waals surface area (Å²) in [5.41, 5.74) is 2.42. The van der Waals surface area contributed by atoms with Crippen molar-refractivity contribution in [3.05, 3.63) is 23.2 Å². The van der Waals surface area contributed by atoms with Gasteiger partial charge in [0.1, 0.15) is 0 Å². The maximum Gasteiger partial charge on any atom is 0.0733 e. The predicted molar refractivity (Wildman–Crippen MR) is 142 cm³/mol. The van der Waals surface area contributed by atoms with Gasteiger partial charge in [0, 0.05) is 37.4 Å². The van der Waals surface area contributed by atoms with E-state index in [1.165, 1.54) is 76.7 Å². The first-order chi connectivity index (χ1) is 16.1. The van der Waals surface area contributed by atoms with Gasteiger partial charge in [-0.25, -0.2) is 0 Å². The fourth-order valence-corrected chi connectivity index (χ4v) is 6.61. The van der Waals surface area contributed by atoms with Crippen molar-refractivity contribution in [2.45, 2.75) is 84.2 Å². The lowest BCUT2D eigenvalue weighted by Crippen LogP contribution is -2.59. The molecular formula is C27H46ClN5. The summed E-state index contributed by atoms with van der Waals surface area (Å²) in [5, 5.41) is 0.877. The van der Waals surface area contributed by atoms with Gasteiger partial charge in [-0.05, 0) is 70.8 Å². The van der Waals surface area contributed by atoms with Crippen molar-refractivity contribution < 1.29 is 0 Å². The molecule has 0 amide bonds. The number of hydrogen-bond acceptors (Lipinski definition) is 5. The van der Waals surface area contributed by atoms with Crippen LogP contribution in [0.4, 0.5) is 11.4 Å². The highest BCUT2D eigenvalue weighted by Gasteiger charge is 2.32. The van der Waals surface area contributed by atoms with Crippen LogP contribution in [-0.4, -0.2) is 79.5 Å². The first-order valence-corrected chi connectivity index (χ1v) is 14.0. The quantitative estimate of drug-likeness (QED) is 0.447. The molecule has 186 valence electrons. The van der Waals surface area contributed by atoms with Crippen molar-refractivity contribution in [1.29, 1.82) is 0 Å². The lowest BCUT2D eigenvalue weighted by Gasteiger charge is -2.47. The maximum atomic E-state index is 6.82. The molecule has 33 heavy (non-hydrogen) atoms. The Morgan fingerprint density at radius 2 is 1.67 bits per heavy atom. The number of hydrogen-bond donors (Lipinski definition) is 0. The Kier molecular flexibility index (Phi) is 9.20. The second-order valence-electron chi connectivity index (χ2n) is 10.3. The van der Waals surface area contributed by atoms with Gasteiger partial charge in [-0.1, -0.05) is 44.2 Å². The zero-order valence-corrected chi connectivity index (χ0v) is 22.1. The van der Waals surface area contributed by atoms with Gasteiger partial charge in [0.05, 0.1) is 30.7 Å². The summed E-state index contributed by atoms with van der Waals surface area (Å²) in [5.74, 6) is 0. The van der Waals surface area contributed by atoms with Gasteiger partial charge in [0.25, 0.3) is 0 Å². The fraction of sp³-hybridized carbons (Fsp3) is 0.778. The summed E-state index contributed by atoms with van der Waals surface area (Å²) >= 11 is 6.82. The fourth-order valence-electron chi connectivity index (χ4n) is 6.31. The Morgan fingerprint density at radius 3 is 2.33 bits per heavy atom. The molecule has 2 heterocycles. The molecule has 0 bridgehead atoms. The molecule has 3 aliphatic rings. The Bertz CT molecular complexity index is 731. The van der Waals surface area contributed by atoms with Crippen LogP contribution in [0.3, 0.4) is 0 Å². The normalized spacial score (nSPS) is 24.4. The van der Waals surface area contributed by atoms with Crippen LogP contribution >= 0.6 is 11.6 Å². The Hall–Kier alpha value is -1.01. The zero-order valence-electron chi connectivity index (χ0n) is 21.3. The van der Waals surface area contributed by atoms with Crippen LogP contribution in [0.1, 0.15) is 72.1 Å². The van der Waals surface area contributed by atoms with E-state index in [-0.39, 0.29) is 0 Å². The molecule has 1 atom stereocenters. The number of likely N-dealkylation sites (tertiary alicyclic amines) is 1. The van der Waals surface area contributed by atoms with Gasteiger partial charge in [0.2, 0.25) is 0 Å². The third kappa shape index (κ3) is 6.17. The molecule has 5 nitrogen and oxygen atoms in total. The highest BCUT2D eigenvalue weighted by molar-refractivity contribution is 6.33. The van der Waals surface area contributed by atoms with E-state index in [9.17, 15) is 0 Å². The molecule has 1 unspecified atom stereocenters. The molecule has 2 saturated heterocycles. The highest BCUT2D eigenvalue weighted by Crippen LogP contribution is 2.33. The summed E-state index contributed by atoms with van der Waals surface area (Å²) < 4.78 is 0. The molecule has 0 radical (unpaired) electrons. The van der Waals surface area contributed by atoms with Crippen LogP contribution in [-0.2, 0) is 0 Å².